The number of sulfonamides is 1. The number of rotatable bonds is 8. The van der Waals surface area contributed by atoms with E-state index in [1.165, 1.54) is 22.5 Å². The van der Waals surface area contributed by atoms with Gasteiger partial charge in [-0.3, -0.25) is 4.79 Å². The fourth-order valence-electron chi connectivity index (χ4n) is 3.54. The van der Waals surface area contributed by atoms with Gasteiger partial charge in [-0.15, -0.1) is 10.2 Å². The Morgan fingerprint density at radius 1 is 1.20 bits per heavy atom. The highest BCUT2D eigenvalue weighted by Gasteiger charge is 2.24. The molecule has 164 valence electrons. The third kappa shape index (κ3) is 5.04. The molecule has 1 fully saturated rings. The molecule has 1 aliphatic rings. The lowest BCUT2D eigenvalue weighted by Crippen LogP contribution is -2.42. The number of piperidine rings is 1. The van der Waals surface area contributed by atoms with Gasteiger partial charge in [0.25, 0.3) is 5.22 Å². The summed E-state index contributed by atoms with van der Waals surface area (Å²) in [6.45, 7) is 7.34. The predicted octanol–water partition coefficient (Wildman–Crippen LogP) is 3.26. The number of carbonyl (C=O) groups is 1. The minimum absolute atomic E-state index is 0.0814. The summed E-state index contributed by atoms with van der Waals surface area (Å²) >= 11 is 1.22. The van der Waals surface area contributed by atoms with Crippen molar-refractivity contribution in [2.75, 3.05) is 25.4 Å². The first-order chi connectivity index (χ1) is 14.4. The zero-order chi connectivity index (χ0) is 21.7. The van der Waals surface area contributed by atoms with E-state index in [0.717, 1.165) is 19.4 Å². The number of amides is 1. The van der Waals surface area contributed by atoms with E-state index < -0.39 is 10.0 Å². The first-order valence-electron chi connectivity index (χ1n) is 10.2. The van der Waals surface area contributed by atoms with Gasteiger partial charge in [0.15, 0.2) is 0 Å². The smallest absolute Gasteiger partial charge is 0.277 e. The first-order valence-corrected chi connectivity index (χ1v) is 12.7. The van der Waals surface area contributed by atoms with Gasteiger partial charge < -0.3 is 9.32 Å². The summed E-state index contributed by atoms with van der Waals surface area (Å²) in [7, 11) is -3.51. The maximum atomic E-state index is 12.6. The highest BCUT2D eigenvalue weighted by molar-refractivity contribution is 7.99. The van der Waals surface area contributed by atoms with Gasteiger partial charge >= 0.3 is 0 Å². The van der Waals surface area contributed by atoms with Gasteiger partial charge in [-0.05, 0) is 50.5 Å². The van der Waals surface area contributed by atoms with E-state index in [9.17, 15) is 13.2 Å². The molecule has 0 N–H and O–H groups in total. The van der Waals surface area contributed by atoms with E-state index >= 15 is 0 Å². The third-order valence-corrected chi connectivity index (χ3v) is 8.16. The largest absolute Gasteiger partial charge is 0.411 e. The quantitative estimate of drug-likeness (QED) is 0.567. The Balaban J connectivity index is 1.64. The monoisotopic (exact) mass is 452 g/mol. The molecule has 1 unspecified atom stereocenters. The molecule has 8 nitrogen and oxygen atoms in total. The highest BCUT2D eigenvalue weighted by atomic mass is 32.2. The van der Waals surface area contributed by atoms with Crippen molar-refractivity contribution in [3.05, 3.63) is 24.3 Å². The summed E-state index contributed by atoms with van der Waals surface area (Å²) in [5.74, 6) is 0.633. The standard InChI is InChI=1S/C20H28N4O4S2/c1-4-23(5-2)30(26,27)17-11-9-16(10-12-17)19-21-22-20(28-19)29-14-18(25)24-13-7-6-8-15(24)3/h9-12,15H,4-8,13-14H2,1-3H3. The molecule has 0 spiro atoms. The summed E-state index contributed by atoms with van der Waals surface area (Å²) in [5, 5.41) is 8.35. The number of hydrogen-bond donors (Lipinski definition) is 0. The van der Waals surface area contributed by atoms with Crippen molar-refractivity contribution in [1.29, 1.82) is 0 Å². The fraction of sp³-hybridized carbons (Fsp3) is 0.550. The third-order valence-electron chi connectivity index (χ3n) is 5.29. The van der Waals surface area contributed by atoms with Gasteiger partial charge in [0.2, 0.25) is 21.8 Å². The number of carbonyl (C=O) groups excluding carboxylic acids is 1. The summed E-state index contributed by atoms with van der Waals surface area (Å²) in [6.07, 6.45) is 3.26. The van der Waals surface area contributed by atoms with E-state index in [-0.39, 0.29) is 22.6 Å². The molecule has 1 saturated heterocycles. The van der Waals surface area contributed by atoms with Crippen molar-refractivity contribution in [3.63, 3.8) is 0 Å². The van der Waals surface area contributed by atoms with E-state index in [1.807, 2.05) is 18.7 Å². The van der Waals surface area contributed by atoms with Crippen molar-refractivity contribution in [3.8, 4) is 11.5 Å². The SMILES string of the molecule is CCN(CC)S(=O)(=O)c1ccc(-c2nnc(SCC(=O)N3CCCCC3C)o2)cc1. The molecule has 1 amide bonds. The second-order valence-corrected chi connectivity index (χ2v) is 10.1. The average Bonchev–Trinajstić information content (AvgIpc) is 3.22. The lowest BCUT2D eigenvalue weighted by Gasteiger charge is -2.33. The van der Waals surface area contributed by atoms with E-state index in [4.69, 9.17) is 4.42 Å². The minimum atomic E-state index is -3.51. The maximum Gasteiger partial charge on any atom is 0.277 e. The molecular weight excluding hydrogens is 424 g/mol. The Labute approximate surface area is 182 Å². The van der Waals surface area contributed by atoms with E-state index in [2.05, 4.69) is 17.1 Å². The highest BCUT2D eigenvalue weighted by Crippen LogP contribution is 2.26. The average molecular weight is 453 g/mol. The van der Waals surface area contributed by atoms with Crippen LogP contribution in [0.5, 0.6) is 0 Å². The molecule has 0 bridgehead atoms. The number of nitrogens with zero attached hydrogens (tertiary/aromatic N) is 4. The van der Waals surface area contributed by atoms with Crippen LogP contribution in [0, 0.1) is 0 Å². The summed E-state index contributed by atoms with van der Waals surface area (Å²) < 4.78 is 32.2. The molecule has 1 atom stereocenters. The fourth-order valence-corrected chi connectivity index (χ4v) is 5.65. The number of thioether (sulfide) groups is 1. The van der Waals surface area contributed by atoms with E-state index in [0.29, 0.717) is 29.8 Å². The summed E-state index contributed by atoms with van der Waals surface area (Å²) in [4.78, 5) is 14.6. The van der Waals surface area contributed by atoms with Crippen LogP contribution in [-0.4, -0.2) is 65.2 Å². The van der Waals surface area contributed by atoms with Gasteiger partial charge in [-0.1, -0.05) is 25.6 Å². The Hall–Kier alpha value is -1.91. The van der Waals surface area contributed by atoms with Crippen LogP contribution < -0.4 is 0 Å². The molecule has 30 heavy (non-hydrogen) atoms. The zero-order valence-electron chi connectivity index (χ0n) is 17.6. The van der Waals surface area contributed by atoms with Crippen LogP contribution in [0.15, 0.2) is 38.8 Å². The van der Waals surface area contributed by atoms with Gasteiger partial charge in [0, 0.05) is 31.2 Å². The van der Waals surface area contributed by atoms with Crippen molar-refractivity contribution < 1.29 is 17.6 Å². The Morgan fingerprint density at radius 3 is 2.53 bits per heavy atom. The van der Waals surface area contributed by atoms with Crippen molar-refractivity contribution >= 4 is 27.7 Å². The minimum Gasteiger partial charge on any atom is -0.411 e. The molecule has 1 aliphatic heterocycles. The Morgan fingerprint density at radius 2 is 1.90 bits per heavy atom. The summed E-state index contributed by atoms with van der Waals surface area (Å²) in [6, 6.07) is 6.66. The number of aromatic nitrogens is 2. The Bertz CT molecular complexity index is 955. The second kappa shape index (κ2) is 9.93. The van der Waals surface area contributed by atoms with Crippen LogP contribution in [-0.2, 0) is 14.8 Å². The molecule has 2 aromatic rings. The lowest BCUT2D eigenvalue weighted by atomic mass is 10.0. The molecule has 1 aromatic carbocycles. The van der Waals surface area contributed by atoms with Crippen molar-refractivity contribution in [2.45, 2.75) is 56.2 Å². The molecule has 1 aromatic heterocycles. The van der Waals surface area contributed by atoms with Gasteiger partial charge in [-0.2, -0.15) is 4.31 Å². The molecule has 10 heteroatoms. The van der Waals surface area contributed by atoms with Gasteiger partial charge in [0.1, 0.15) is 0 Å². The molecule has 2 heterocycles. The predicted molar refractivity (Wildman–Crippen MR) is 116 cm³/mol. The van der Waals surface area contributed by atoms with Gasteiger partial charge in [0.05, 0.1) is 10.6 Å². The lowest BCUT2D eigenvalue weighted by molar-refractivity contribution is -0.131. The van der Waals surface area contributed by atoms with Crippen LogP contribution in [0.1, 0.15) is 40.0 Å². The Kier molecular flexibility index (Phi) is 7.54. The number of likely N-dealkylation sites (tertiary alicyclic amines) is 1. The zero-order valence-corrected chi connectivity index (χ0v) is 19.2. The van der Waals surface area contributed by atoms with Crippen molar-refractivity contribution in [1.82, 2.24) is 19.4 Å². The van der Waals surface area contributed by atoms with Crippen LogP contribution >= 0.6 is 11.8 Å². The maximum absolute atomic E-state index is 12.6. The topological polar surface area (TPSA) is 96.6 Å². The molecule has 0 saturated carbocycles. The first kappa shape index (κ1) is 22.8. The van der Waals surface area contributed by atoms with Gasteiger partial charge in [-0.25, -0.2) is 8.42 Å². The van der Waals surface area contributed by atoms with E-state index in [1.54, 1.807) is 24.3 Å². The normalized spacial score (nSPS) is 17.5. The molecule has 3 rings (SSSR count). The molecule has 0 aliphatic carbocycles. The molecule has 0 radical (unpaired) electrons. The number of hydrogen-bond acceptors (Lipinski definition) is 7. The summed E-state index contributed by atoms with van der Waals surface area (Å²) in [5.41, 5.74) is 0.629. The van der Waals surface area contributed by atoms with Crippen LogP contribution in [0.4, 0.5) is 0 Å². The molecular formula is C20H28N4O4S2. The van der Waals surface area contributed by atoms with Crippen LogP contribution in [0.3, 0.4) is 0 Å². The van der Waals surface area contributed by atoms with Crippen molar-refractivity contribution in [2.24, 2.45) is 0 Å². The van der Waals surface area contributed by atoms with Crippen LogP contribution in [0.25, 0.3) is 11.5 Å². The second-order valence-electron chi connectivity index (χ2n) is 7.21. The number of benzene rings is 1. The van der Waals surface area contributed by atoms with Crippen LogP contribution in [0.2, 0.25) is 0 Å².